The van der Waals surface area contributed by atoms with E-state index < -0.39 is 11.7 Å². The number of hydrogen-bond donors (Lipinski definition) is 2. The number of nitrogens with one attached hydrogen (secondary N) is 2. The number of carbonyl (C=O) groups excluding carboxylic acids is 1. The van der Waals surface area contributed by atoms with Crippen molar-refractivity contribution in [1.29, 1.82) is 5.26 Å². The summed E-state index contributed by atoms with van der Waals surface area (Å²) in [5.74, 6) is -0.339. The Morgan fingerprint density at radius 3 is 2.42 bits per heavy atom. The Morgan fingerprint density at radius 2 is 1.89 bits per heavy atom. The maximum absolute atomic E-state index is 12.3. The minimum absolute atomic E-state index is 0.00268. The summed E-state index contributed by atoms with van der Waals surface area (Å²) >= 11 is 0. The first-order chi connectivity index (χ1) is 8.93. The summed E-state index contributed by atoms with van der Waals surface area (Å²) in [5, 5.41) is 13.3. The van der Waals surface area contributed by atoms with Gasteiger partial charge in [0.2, 0.25) is 5.91 Å². The van der Waals surface area contributed by atoms with Gasteiger partial charge in [-0.25, -0.2) is 0 Å². The molecule has 1 rings (SSSR count). The van der Waals surface area contributed by atoms with E-state index in [1.165, 1.54) is 12.1 Å². The van der Waals surface area contributed by atoms with E-state index >= 15 is 0 Å². The van der Waals surface area contributed by atoms with Gasteiger partial charge in [-0.05, 0) is 17.7 Å². The predicted molar refractivity (Wildman–Crippen MR) is 61.8 cm³/mol. The molecule has 0 atom stereocenters. The Bertz CT molecular complexity index is 463. The van der Waals surface area contributed by atoms with Crippen molar-refractivity contribution in [3.63, 3.8) is 0 Å². The van der Waals surface area contributed by atoms with Crippen LogP contribution in [-0.4, -0.2) is 19.0 Å². The molecule has 0 aliphatic carbocycles. The molecule has 1 aromatic rings. The van der Waals surface area contributed by atoms with Crippen molar-refractivity contribution in [3.05, 3.63) is 35.4 Å². The lowest BCUT2D eigenvalue weighted by Gasteiger charge is -2.08. The lowest BCUT2D eigenvalue weighted by atomic mass is 10.1. The first-order valence-electron chi connectivity index (χ1n) is 5.44. The van der Waals surface area contributed by atoms with Crippen LogP contribution in [0.25, 0.3) is 0 Å². The fourth-order valence-corrected chi connectivity index (χ4v) is 1.33. The number of nitrogens with zero attached hydrogens (tertiary/aromatic N) is 1. The van der Waals surface area contributed by atoms with Crippen LogP contribution in [0.3, 0.4) is 0 Å². The molecule has 1 aromatic carbocycles. The summed E-state index contributed by atoms with van der Waals surface area (Å²) in [7, 11) is 0. The van der Waals surface area contributed by atoms with Crippen LogP contribution in [-0.2, 0) is 17.5 Å². The van der Waals surface area contributed by atoms with Crippen LogP contribution in [0.2, 0.25) is 0 Å². The number of carbonyl (C=O) groups is 1. The van der Waals surface area contributed by atoms with Crippen LogP contribution in [0, 0.1) is 11.3 Å². The van der Waals surface area contributed by atoms with Crippen LogP contribution < -0.4 is 10.6 Å². The van der Waals surface area contributed by atoms with Crippen molar-refractivity contribution in [2.24, 2.45) is 0 Å². The molecule has 0 fully saturated rings. The van der Waals surface area contributed by atoms with Crippen molar-refractivity contribution < 1.29 is 18.0 Å². The second-order valence-electron chi connectivity index (χ2n) is 3.73. The van der Waals surface area contributed by atoms with E-state index in [1.807, 2.05) is 0 Å². The van der Waals surface area contributed by atoms with Crippen molar-refractivity contribution in [2.75, 3.05) is 13.1 Å². The molecule has 0 bridgehead atoms. The number of rotatable bonds is 5. The SMILES string of the molecule is N#CCNC(=O)CNCc1ccc(C(F)(F)F)cc1. The van der Waals surface area contributed by atoms with Crippen LogP contribution >= 0.6 is 0 Å². The van der Waals surface area contributed by atoms with E-state index in [2.05, 4.69) is 10.6 Å². The molecular formula is C12H12F3N3O. The molecule has 0 saturated carbocycles. The first kappa shape index (κ1) is 15.0. The molecule has 19 heavy (non-hydrogen) atoms. The van der Waals surface area contributed by atoms with Gasteiger partial charge in [-0.1, -0.05) is 12.1 Å². The van der Waals surface area contributed by atoms with Gasteiger partial charge in [0.1, 0.15) is 6.54 Å². The molecule has 4 nitrogen and oxygen atoms in total. The van der Waals surface area contributed by atoms with E-state index in [1.54, 1.807) is 6.07 Å². The highest BCUT2D eigenvalue weighted by Crippen LogP contribution is 2.28. The molecule has 102 valence electrons. The van der Waals surface area contributed by atoms with Gasteiger partial charge in [-0.3, -0.25) is 4.79 Å². The maximum Gasteiger partial charge on any atom is 0.416 e. The minimum atomic E-state index is -4.34. The van der Waals surface area contributed by atoms with Crippen molar-refractivity contribution in [3.8, 4) is 6.07 Å². The second-order valence-corrected chi connectivity index (χ2v) is 3.73. The predicted octanol–water partition coefficient (Wildman–Crippen LogP) is 1.43. The first-order valence-corrected chi connectivity index (χ1v) is 5.44. The highest BCUT2D eigenvalue weighted by atomic mass is 19.4. The quantitative estimate of drug-likeness (QED) is 0.796. The topological polar surface area (TPSA) is 64.9 Å². The number of amides is 1. The average Bonchev–Trinajstić information content (AvgIpc) is 2.36. The molecule has 0 unspecified atom stereocenters. The second kappa shape index (κ2) is 6.75. The smallest absolute Gasteiger partial charge is 0.342 e. The lowest BCUT2D eigenvalue weighted by Crippen LogP contribution is -2.33. The molecule has 0 aliphatic heterocycles. The van der Waals surface area contributed by atoms with E-state index in [0.717, 1.165) is 12.1 Å². The fourth-order valence-electron chi connectivity index (χ4n) is 1.33. The van der Waals surface area contributed by atoms with Crippen molar-refractivity contribution in [2.45, 2.75) is 12.7 Å². The molecule has 1 amide bonds. The number of alkyl halides is 3. The third-order valence-corrected chi connectivity index (χ3v) is 2.26. The Labute approximate surface area is 108 Å². The van der Waals surface area contributed by atoms with Crippen molar-refractivity contribution >= 4 is 5.91 Å². The summed E-state index contributed by atoms with van der Waals surface area (Å²) in [6.07, 6.45) is -4.34. The average molecular weight is 271 g/mol. The van der Waals surface area contributed by atoms with E-state index in [0.29, 0.717) is 5.56 Å². The number of hydrogen-bond acceptors (Lipinski definition) is 3. The van der Waals surface area contributed by atoms with Gasteiger partial charge in [-0.2, -0.15) is 18.4 Å². The van der Waals surface area contributed by atoms with Gasteiger partial charge in [-0.15, -0.1) is 0 Å². The Balaban J connectivity index is 2.39. The molecule has 0 saturated heterocycles. The van der Waals surface area contributed by atoms with E-state index in [-0.39, 0.29) is 25.5 Å². The van der Waals surface area contributed by atoms with E-state index in [4.69, 9.17) is 5.26 Å². The van der Waals surface area contributed by atoms with E-state index in [9.17, 15) is 18.0 Å². The fraction of sp³-hybridized carbons (Fsp3) is 0.333. The highest BCUT2D eigenvalue weighted by molar-refractivity contribution is 5.78. The normalized spacial score (nSPS) is 10.8. The zero-order valence-corrected chi connectivity index (χ0v) is 9.92. The molecule has 2 N–H and O–H groups in total. The van der Waals surface area contributed by atoms with Gasteiger partial charge in [0.05, 0.1) is 18.2 Å². The van der Waals surface area contributed by atoms with Gasteiger partial charge in [0.25, 0.3) is 0 Å². The Kier molecular flexibility index (Phi) is 5.33. The molecule has 0 aromatic heterocycles. The minimum Gasteiger partial charge on any atom is -0.342 e. The summed E-state index contributed by atoms with van der Waals surface area (Å²) < 4.78 is 36.9. The van der Waals surface area contributed by atoms with Crippen molar-refractivity contribution in [1.82, 2.24) is 10.6 Å². The summed E-state index contributed by atoms with van der Waals surface area (Å²) in [4.78, 5) is 11.1. The molecule has 7 heteroatoms. The van der Waals surface area contributed by atoms with Gasteiger partial charge < -0.3 is 10.6 Å². The summed E-state index contributed by atoms with van der Waals surface area (Å²) in [6, 6.07) is 6.45. The molecule has 0 heterocycles. The Morgan fingerprint density at radius 1 is 1.26 bits per heavy atom. The van der Waals surface area contributed by atoms with Crippen LogP contribution in [0.4, 0.5) is 13.2 Å². The highest BCUT2D eigenvalue weighted by Gasteiger charge is 2.29. The molecular weight excluding hydrogens is 259 g/mol. The summed E-state index contributed by atoms with van der Waals surface area (Å²) in [5.41, 5.74) is -0.0657. The van der Waals surface area contributed by atoms with Crippen LogP contribution in [0.15, 0.2) is 24.3 Å². The molecule has 0 radical (unpaired) electrons. The zero-order chi connectivity index (χ0) is 14.3. The van der Waals surface area contributed by atoms with Gasteiger partial charge >= 0.3 is 6.18 Å². The Hall–Kier alpha value is -2.07. The lowest BCUT2D eigenvalue weighted by molar-refractivity contribution is -0.137. The number of halogens is 3. The van der Waals surface area contributed by atoms with Gasteiger partial charge in [0.15, 0.2) is 0 Å². The number of nitriles is 1. The van der Waals surface area contributed by atoms with Gasteiger partial charge in [0, 0.05) is 6.54 Å². The third kappa shape index (κ3) is 5.40. The van der Waals surface area contributed by atoms with Crippen LogP contribution in [0.5, 0.6) is 0 Å². The standard InChI is InChI=1S/C12H12F3N3O/c13-12(14,15)10-3-1-9(2-4-10)7-17-8-11(19)18-6-5-16/h1-4,17H,6-8H2,(H,18,19). The molecule has 0 spiro atoms. The maximum atomic E-state index is 12.3. The number of benzene rings is 1. The van der Waals surface area contributed by atoms with Crippen LogP contribution in [0.1, 0.15) is 11.1 Å². The zero-order valence-electron chi connectivity index (χ0n) is 9.92. The third-order valence-electron chi connectivity index (χ3n) is 2.26. The largest absolute Gasteiger partial charge is 0.416 e. The summed E-state index contributed by atoms with van der Waals surface area (Å²) in [6.45, 7) is 0.210. The monoisotopic (exact) mass is 271 g/mol. The molecule has 0 aliphatic rings.